The zero-order valence-electron chi connectivity index (χ0n) is 18.4. The lowest BCUT2D eigenvalue weighted by atomic mass is 10.1. The Morgan fingerprint density at radius 3 is 2.31 bits per heavy atom. The molecule has 0 saturated carbocycles. The number of carbonyl (C=O) groups is 1. The second-order valence-electron chi connectivity index (χ2n) is 8.13. The Morgan fingerprint density at radius 2 is 1.72 bits per heavy atom. The van der Waals surface area contributed by atoms with E-state index in [0.29, 0.717) is 16.6 Å². The van der Waals surface area contributed by atoms with Crippen LogP contribution in [-0.4, -0.2) is 44.6 Å². The standard InChI is InChI=1S/C23H29Cl2N3O3S/c1-3-22(28(32(2,30)31)21-13-19(24)12-20(25)14-21)23(29)26-15-17-7-6-8-18(11-17)16-27-9-4-5-10-27/h6-8,11-14,22H,3-5,9-10,15-16H2,1-2H3,(H,26,29)/t22-/m0/s1. The van der Waals surface area contributed by atoms with Gasteiger partial charge in [0.2, 0.25) is 15.9 Å². The van der Waals surface area contributed by atoms with Crippen molar-refractivity contribution in [1.29, 1.82) is 0 Å². The molecule has 1 atom stereocenters. The van der Waals surface area contributed by atoms with Gasteiger partial charge in [-0.25, -0.2) is 8.42 Å². The number of nitrogens with one attached hydrogen (secondary N) is 1. The summed E-state index contributed by atoms with van der Waals surface area (Å²) in [6.07, 6.45) is 3.84. The summed E-state index contributed by atoms with van der Waals surface area (Å²) in [5.74, 6) is -0.376. The average Bonchev–Trinajstić information content (AvgIpc) is 3.21. The molecule has 2 aromatic carbocycles. The number of hydrogen-bond acceptors (Lipinski definition) is 4. The Balaban J connectivity index is 1.74. The lowest BCUT2D eigenvalue weighted by Crippen LogP contribution is -2.49. The van der Waals surface area contributed by atoms with Crippen molar-refractivity contribution in [1.82, 2.24) is 10.2 Å². The second-order valence-corrected chi connectivity index (χ2v) is 10.9. The minimum Gasteiger partial charge on any atom is -0.350 e. The largest absolute Gasteiger partial charge is 0.350 e. The van der Waals surface area contributed by atoms with Gasteiger partial charge in [0.25, 0.3) is 0 Å². The topological polar surface area (TPSA) is 69.7 Å². The van der Waals surface area contributed by atoms with Gasteiger partial charge in [0, 0.05) is 23.1 Å². The summed E-state index contributed by atoms with van der Waals surface area (Å²) in [6, 6.07) is 11.7. The van der Waals surface area contributed by atoms with Gasteiger partial charge in [-0.2, -0.15) is 0 Å². The van der Waals surface area contributed by atoms with Crippen LogP contribution in [0.3, 0.4) is 0 Å². The van der Waals surface area contributed by atoms with Crippen molar-refractivity contribution >= 4 is 44.8 Å². The van der Waals surface area contributed by atoms with Crippen molar-refractivity contribution in [3.63, 3.8) is 0 Å². The summed E-state index contributed by atoms with van der Waals surface area (Å²) >= 11 is 12.2. The van der Waals surface area contributed by atoms with E-state index in [1.54, 1.807) is 6.92 Å². The van der Waals surface area contributed by atoms with Crippen molar-refractivity contribution in [3.05, 3.63) is 63.6 Å². The molecule has 0 bridgehead atoms. The first-order valence-electron chi connectivity index (χ1n) is 10.7. The van der Waals surface area contributed by atoms with Crippen LogP contribution in [0.4, 0.5) is 5.69 Å². The third-order valence-electron chi connectivity index (χ3n) is 5.49. The number of sulfonamides is 1. The summed E-state index contributed by atoms with van der Waals surface area (Å²) < 4.78 is 26.3. The number of hydrogen-bond donors (Lipinski definition) is 1. The normalized spacial score (nSPS) is 15.5. The fourth-order valence-corrected chi connectivity index (χ4v) is 5.78. The zero-order valence-corrected chi connectivity index (χ0v) is 20.7. The molecule has 6 nitrogen and oxygen atoms in total. The maximum absolute atomic E-state index is 13.1. The molecule has 0 spiro atoms. The second kappa shape index (κ2) is 10.9. The van der Waals surface area contributed by atoms with Gasteiger partial charge in [-0.15, -0.1) is 0 Å². The fraction of sp³-hybridized carbons (Fsp3) is 0.435. The van der Waals surface area contributed by atoms with Crippen molar-refractivity contribution in [2.75, 3.05) is 23.7 Å². The van der Waals surface area contributed by atoms with Gasteiger partial charge >= 0.3 is 0 Å². The summed E-state index contributed by atoms with van der Waals surface area (Å²) in [5.41, 5.74) is 2.44. The Kier molecular flexibility index (Phi) is 8.44. The quantitative estimate of drug-likeness (QED) is 0.555. The highest BCUT2D eigenvalue weighted by molar-refractivity contribution is 7.92. The van der Waals surface area contributed by atoms with Crippen LogP contribution in [0.1, 0.15) is 37.3 Å². The van der Waals surface area contributed by atoms with Gasteiger partial charge in [0.05, 0.1) is 11.9 Å². The predicted octanol–water partition coefficient (Wildman–Crippen LogP) is 4.45. The molecular weight excluding hydrogens is 469 g/mol. The third-order valence-corrected chi connectivity index (χ3v) is 7.11. The van der Waals surface area contributed by atoms with Crippen molar-refractivity contribution in [3.8, 4) is 0 Å². The van der Waals surface area contributed by atoms with E-state index in [-0.39, 0.29) is 18.0 Å². The molecule has 0 unspecified atom stereocenters. The Hall–Kier alpha value is -1.80. The Morgan fingerprint density at radius 1 is 1.09 bits per heavy atom. The van der Waals surface area contributed by atoms with Crippen molar-refractivity contribution < 1.29 is 13.2 Å². The molecule has 3 rings (SSSR count). The number of rotatable bonds is 9. The predicted molar refractivity (Wildman–Crippen MR) is 131 cm³/mol. The van der Waals surface area contributed by atoms with Gasteiger partial charge in [0.15, 0.2) is 0 Å². The SMILES string of the molecule is CC[C@@H](C(=O)NCc1cccc(CN2CCCC2)c1)N(c1cc(Cl)cc(Cl)c1)S(C)(=O)=O. The first-order chi connectivity index (χ1) is 15.2. The molecule has 0 aromatic heterocycles. The van der Waals surface area contributed by atoms with Crippen LogP contribution in [0.2, 0.25) is 10.0 Å². The van der Waals surface area contributed by atoms with Crippen LogP contribution in [-0.2, 0) is 27.9 Å². The molecule has 1 aliphatic rings. The van der Waals surface area contributed by atoms with Gasteiger partial charge < -0.3 is 5.32 Å². The number of anilines is 1. The van der Waals surface area contributed by atoms with Crippen LogP contribution in [0.5, 0.6) is 0 Å². The number of benzene rings is 2. The molecule has 174 valence electrons. The van der Waals surface area contributed by atoms with Crippen LogP contribution < -0.4 is 9.62 Å². The average molecular weight is 498 g/mol. The molecule has 0 aliphatic carbocycles. The van der Waals surface area contributed by atoms with Crippen LogP contribution in [0, 0.1) is 0 Å². The molecule has 32 heavy (non-hydrogen) atoms. The molecule has 1 N–H and O–H groups in total. The van der Waals surface area contributed by atoms with Crippen LogP contribution >= 0.6 is 23.2 Å². The smallest absolute Gasteiger partial charge is 0.244 e. The number of amides is 1. The van der Waals surface area contributed by atoms with Gasteiger partial charge in [-0.1, -0.05) is 54.4 Å². The molecule has 1 amide bonds. The molecule has 9 heteroatoms. The van der Waals surface area contributed by atoms with E-state index in [9.17, 15) is 13.2 Å². The maximum Gasteiger partial charge on any atom is 0.244 e. The van der Waals surface area contributed by atoms with E-state index in [0.717, 1.165) is 35.8 Å². The molecule has 1 fully saturated rings. The summed E-state index contributed by atoms with van der Waals surface area (Å²) in [5, 5.41) is 3.49. The highest BCUT2D eigenvalue weighted by Gasteiger charge is 2.31. The molecule has 1 saturated heterocycles. The third kappa shape index (κ3) is 6.61. The molecular formula is C23H29Cl2N3O3S. The Bertz CT molecular complexity index is 1040. The van der Waals surface area contributed by atoms with Gasteiger partial charge in [0.1, 0.15) is 6.04 Å². The maximum atomic E-state index is 13.1. The van der Waals surface area contributed by atoms with Crippen LogP contribution in [0.15, 0.2) is 42.5 Å². The lowest BCUT2D eigenvalue weighted by molar-refractivity contribution is -0.122. The highest BCUT2D eigenvalue weighted by atomic mass is 35.5. The first-order valence-corrected chi connectivity index (χ1v) is 13.3. The van der Waals surface area contributed by atoms with E-state index >= 15 is 0 Å². The summed E-state index contributed by atoms with van der Waals surface area (Å²) in [7, 11) is -3.76. The minimum atomic E-state index is -3.76. The van der Waals surface area contributed by atoms with E-state index < -0.39 is 16.1 Å². The van der Waals surface area contributed by atoms with E-state index in [1.807, 2.05) is 12.1 Å². The highest BCUT2D eigenvalue weighted by Crippen LogP contribution is 2.29. The fourth-order valence-electron chi connectivity index (χ4n) is 4.07. The van der Waals surface area contributed by atoms with Crippen LogP contribution in [0.25, 0.3) is 0 Å². The number of nitrogens with zero attached hydrogens (tertiary/aromatic N) is 2. The number of halogens is 2. The summed E-state index contributed by atoms with van der Waals surface area (Å²) in [4.78, 5) is 15.5. The number of carbonyl (C=O) groups excluding carboxylic acids is 1. The molecule has 1 aliphatic heterocycles. The zero-order chi connectivity index (χ0) is 23.3. The van der Waals surface area contributed by atoms with Gasteiger partial charge in [-0.05, 0) is 61.7 Å². The molecule has 0 radical (unpaired) electrons. The molecule has 2 aromatic rings. The lowest BCUT2D eigenvalue weighted by Gasteiger charge is -2.30. The summed E-state index contributed by atoms with van der Waals surface area (Å²) in [6.45, 7) is 5.22. The van der Waals surface area contributed by atoms with Crippen molar-refractivity contribution in [2.45, 2.75) is 45.3 Å². The molecule has 1 heterocycles. The monoisotopic (exact) mass is 497 g/mol. The van der Waals surface area contributed by atoms with Gasteiger partial charge in [-0.3, -0.25) is 14.0 Å². The van der Waals surface area contributed by atoms with E-state index in [4.69, 9.17) is 23.2 Å². The number of likely N-dealkylation sites (tertiary alicyclic amines) is 1. The van der Waals surface area contributed by atoms with E-state index in [1.165, 1.54) is 36.6 Å². The van der Waals surface area contributed by atoms with E-state index in [2.05, 4.69) is 22.3 Å². The first kappa shape index (κ1) is 24.8. The minimum absolute atomic E-state index is 0.264. The van der Waals surface area contributed by atoms with Crippen molar-refractivity contribution in [2.24, 2.45) is 0 Å². The Labute approximate surface area is 200 Å².